The van der Waals surface area contributed by atoms with Gasteiger partial charge in [0, 0.05) is 18.2 Å². The van der Waals surface area contributed by atoms with E-state index in [0.29, 0.717) is 13.0 Å². The van der Waals surface area contributed by atoms with Gasteiger partial charge < -0.3 is 4.90 Å². The highest BCUT2D eigenvalue weighted by atomic mass is 16.2. The number of hydrogen-bond donors (Lipinski definition) is 0. The van der Waals surface area contributed by atoms with Crippen LogP contribution in [0.5, 0.6) is 0 Å². The van der Waals surface area contributed by atoms with E-state index in [2.05, 4.69) is 6.07 Å². The van der Waals surface area contributed by atoms with E-state index in [-0.39, 0.29) is 11.8 Å². The lowest BCUT2D eigenvalue weighted by Gasteiger charge is -2.31. The Bertz CT molecular complexity index is 418. The molecule has 0 saturated heterocycles. The molecule has 0 bridgehead atoms. The Morgan fingerprint density at radius 2 is 2.06 bits per heavy atom. The molecule has 1 aromatic rings. The molecular formula is C14H16N2O. The van der Waals surface area contributed by atoms with E-state index in [4.69, 9.17) is 5.26 Å². The molecule has 0 aromatic heterocycles. The van der Waals surface area contributed by atoms with Crippen LogP contribution in [0.3, 0.4) is 0 Å². The number of nitrogens with zero attached hydrogens (tertiary/aromatic N) is 2. The molecule has 0 atom stereocenters. The van der Waals surface area contributed by atoms with Crippen LogP contribution < -0.4 is 4.90 Å². The van der Waals surface area contributed by atoms with Gasteiger partial charge in [0.25, 0.3) is 0 Å². The second kappa shape index (κ2) is 5.49. The SMILES string of the molecule is N#CCCN(C(=O)C1CCC1)c1ccccc1. The van der Waals surface area contributed by atoms with Crippen LogP contribution in [-0.2, 0) is 4.79 Å². The topological polar surface area (TPSA) is 44.1 Å². The Kier molecular flexibility index (Phi) is 3.77. The van der Waals surface area contributed by atoms with E-state index in [0.717, 1.165) is 24.9 Å². The van der Waals surface area contributed by atoms with Gasteiger partial charge in [-0.05, 0) is 25.0 Å². The van der Waals surface area contributed by atoms with E-state index in [1.807, 2.05) is 30.3 Å². The highest BCUT2D eigenvalue weighted by Gasteiger charge is 2.29. The lowest BCUT2D eigenvalue weighted by atomic mass is 9.84. The van der Waals surface area contributed by atoms with Crippen LogP contribution in [0.25, 0.3) is 0 Å². The molecule has 0 spiro atoms. The zero-order valence-electron chi connectivity index (χ0n) is 9.80. The summed E-state index contributed by atoms with van der Waals surface area (Å²) in [4.78, 5) is 14.0. The minimum atomic E-state index is 0.175. The zero-order valence-corrected chi connectivity index (χ0v) is 9.80. The van der Waals surface area contributed by atoms with Gasteiger partial charge in [-0.1, -0.05) is 24.6 Å². The van der Waals surface area contributed by atoms with E-state index >= 15 is 0 Å². The van der Waals surface area contributed by atoms with Gasteiger partial charge in [-0.2, -0.15) is 5.26 Å². The average molecular weight is 228 g/mol. The molecule has 1 saturated carbocycles. The molecule has 3 nitrogen and oxygen atoms in total. The van der Waals surface area contributed by atoms with Crippen LogP contribution >= 0.6 is 0 Å². The quantitative estimate of drug-likeness (QED) is 0.795. The van der Waals surface area contributed by atoms with Gasteiger partial charge in [-0.25, -0.2) is 0 Å². The van der Waals surface area contributed by atoms with Crippen LogP contribution in [0.1, 0.15) is 25.7 Å². The summed E-state index contributed by atoms with van der Waals surface area (Å²) in [5.74, 6) is 0.353. The minimum absolute atomic E-state index is 0.175. The lowest BCUT2D eigenvalue weighted by molar-refractivity contribution is -0.124. The van der Waals surface area contributed by atoms with Crippen molar-refractivity contribution in [2.75, 3.05) is 11.4 Å². The first kappa shape index (κ1) is 11.7. The molecule has 1 fully saturated rings. The summed E-state index contributed by atoms with van der Waals surface area (Å²) < 4.78 is 0. The van der Waals surface area contributed by atoms with Crippen molar-refractivity contribution in [3.63, 3.8) is 0 Å². The summed E-state index contributed by atoms with van der Waals surface area (Å²) in [5.41, 5.74) is 0.902. The second-order valence-corrected chi connectivity index (χ2v) is 4.36. The van der Waals surface area contributed by atoms with E-state index in [1.54, 1.807) is 4.90 Å². The van der Waals surface area contributed by atoms with Gasteiger partial charge in [0.05, 0.1) is 12.5 Å². The number of amides is 1. The second-order valence-electron chi connectivity index (χ2n) is 4.36. The van der Waals surface area contributed by atoms with Crippen LogP contribution in [0.15, 0.2) is 30.3 Å². The summed E-state index contributed by atoms with van der Waals surface area (Å²) in [6.45, 7) is 0.496. The van der Waals surface area contributed by atoms with Crippen molar-refractivity contribution >= 4 is 11.6 Å². The van der Waals surface area contributed by atoms with E-state index < -0.39 is 0 Å². The molecule has 0 N–H and O–H groups in total. The Morgan fingerprint density at radius 1 is 1.35 bits per heavy atom. The molecule has 0 heterocycles. The summed E-state index contributed by atoms with van der Waals surface area (Å²) in [7, 11) is 0. The standard InChI is InChI=1S/C14H16N2O/c15-10-5-11-16(13-8-2-1-3-9-13)14(17)12-6-4-7-12/h1-3,8-9,12H,4-7,11H2. The fourth-order valence-corrected chi connectivity index (χ4v) is 2.01. The first-order valence-corrected chi connectivity index (χ1v) is 6.06. The van der Waals surface area contributed by atoms with E-state index in [9.17, 15) is 4.79 Å². The van der Waals surface area contributed by atoms with Gasteiger partial charge in [-0.15, -0.1) is 0 Å². The molecule has 0 aliphatic heterocycles. The van der Waals surface area contributed by atoms with Crippen LogP contribution in [-0.4, -0.2) is 12.5 Å². The highest BCUT2D eigenvalue weighted by molar-refractivity contribution is 5.95. The maximum absolute atomic E-state index is 12.2. The molecule has 1 aliphatic carbocycles. The average Bonchev–Trinajstić information content (AvgIpc) is 2.29. The first-order chi connectivity index (χ1) is 8.33. The number of carbonyl (C=O) groups excluding carboxylic acids is 1. The third-order valence-corrected chi connectivity index (χ3v) is 3.24. The number of hydrogen-bond acceptors (Lipinski definition) is 2. The maximum Gasteiger partial charge on any atom is 0.230 e. The van der Waals surface area contributed by atoms with Gasteiger partial charge in [0.15, 0.2) is 0 Å². The molecule has 0 radical (unpaired) electrons. The van der Waals surface area contributed by atoms with Crippen LogP contribution in [0.4, 0.5) is 5.69 Å². The number of rotatable bonds is 4. The largest absolute Gasteiger partial charge is 0.311 e. The molecule has 1 aliphatic rings. The Morgan fingerprint density at radius 3 is 2.59 bits per heavy atom. The molecule has 3 heteroatoms. The van der Waals surface area contributed by atoms with Crippen molar-refractivity contribution in [2.45, 2.75) is 25.7 Å². The van der Waals surface area contributed by atoms with Crippen molar-refractivity contribution < 1.29 is 4.79 Å². The molecular weight excluding hydrogens is 212 g/mol. The normalized spacial score (nSPS) is 14.8. The first-order valence-electron chi connectivity index (χ1n) is 6.06. The summed E-state index contributed by atoms with van der Waals surface area (Å²) in [5, 5.41) is 8.67. The molecule has 1 aromatic carbocycles. The molecule has 88 valence electrons. The van der Waals surface area contributed by atoms with Gasteiger partial charge >= 0.3 is 0 Å². The molecule has 17 heavy (non-hydrogen) atoms. The van der Waals surface area contributed by atoms with Gasteiger partial charge in [-0.3, -0.25) is 4.79 Å². The summed E-state index contributed by atoms with van der Waals surface area (Å²) in [6, 6.07) is 11.7. The predicted molar refractivity (Wildman–Crippen MR) is 66.4 cm³/mol. The fourth-order valence-electron chi connectivity index (χ4n) is 2.01. The number of benzene rings is 1. The van der Waals surface area contributed by atoms with E-state index in [1.165, 1.54) is 0 Å². The smallest absolute Gasteiger partial charge is 0.230 e. The monoisotopic (exact) mass is 228 g/mol. The number of anilines is 1. The van der Waals surface area contributed by atoms with Crippen molar-refractivity contribution in [1.29, 1.82) is 5.26 Å². The van der Waals surface area contributed by atoms with Crippen molar-refractivity contribution in [1.82, 2.24) is 0 Å². The maximum atomic E-state index is 12.2. The molecule has 0 unspecified atom stereocenters. The van der Waals surface area contributed by atoms with Crippen molar-refractivity contribution in [3.05, 3.63) is 30.3 Å². The Hall–Kier alpha value is -1.82. The minimum Gasteiger partial charge on any atom is -0.311 e. The lowest BCUT2D eigenvalue weighted by Crippen LogP contribution is -2.39. The van der Waals surface area contributed by atoms with Crippen LogP contribution in [0.2, 0.25) is 0 Å². The number of nitriles is 1. The van der Waals surface area contributed by atoms with Gasteiger partial charge in [0.2, 0.25) is 5.91 Å². The van der Waals surface area contributed by atoms with Crippen LogP contribution in [0, 0.1) is 17.2 Å². The summed E-state index contributed by atoms with van der Waals surface area (Å²) >= 11 is 0. The number of para-hydroxylation sites is 1. The van der Waals surface area contributed by atoms with Crippen molar-refractivity contribution in [2.24, 2.45) is 5.92 Å². The third kappa shape index (κ3) is 2.65. The van der Waals surface area contributed by atoms with Gasteiger partial charge in [0.1, 0.15) is 0 Å². The Balaban J connectivity index is 2.13. The Labute approximate surface area is 102 Å². The predicted octanol–water partition coefficient (Wildman–Crippen LogP) is 2.73. The fraction of sp³-hybridized carbons (Fsp3) is 0.429. The molecule has 1 amide bonds. The van der Waals surface area contributed by atoms with Crippen molar-refractivity contribution in [3.8, 4) is 6.07 Å². The highest BCUT2D eigenvalue weighted by Crippen LogP contribution is 2.30. The molecule has 2 rings (SSSR count). The zero-order chi connectivity index (χ0) is 12.1. The third-order valence-electron chi connectivity index (χ3n) is 3.24. The summed E-state index contributed by atoms with van der Waals surface area (Å²) in [6.07, 6.45) is 3.52. The number of carbonyl (C=O) groups is 1.